The summed E-state index contributed by atoms with van der Waals surface area (Å²) < 4.78 is 11.7. The number of hydrogen-bond acceptors (Lipinski definition) is 6. The van der Waals surface area contributed by atoms with E-state index in [4.69, 9.17) is 9.47 Å². The van der Waals surface area contributed by atoms with Crippen LogP contribution in [0.2, 0.25) is 0 Å². The van der Waals surface area contributed by atoms with Crippen LogP contribution in [0.15, 0.2) is 18.2 Å². The molecule has 2 aliphatic rings. The lowest BCUT2D eigenvalue weighted by Crippen LogP contribution is -2.37. The SMILES string of the molecule is COc1ccc(C2CN(CCC(=O)[O-])CC2(C)C(C)O)cc1OC1CCCC1. The summed E-state index contributed by atoms with van der Waals surface area (Å²) in [5, 5.41) is 21.4. The maximum atomic E-state index is 10.9. The van der Waals surface area contributed by atoms with E-state index < -0.39 is 12.1 Å². The van der Waals surface area contributed by atoms with Crippen LogP contribution in [0, 0.1) is 5.41 Å². The summed E-state index contributed by atoms with van der Waals surface area (Å²) in [6.07, 6.45) is 4.24. The van der Waals surface area contributed by atoms with Gasteiger partial charge in [-0.2, -0.15) is 0 Å². The van der Waals surface area contributed by atoms with Crippen LogP contribution in [0.5, 0.6) is 11.5 Å². The van der Waals surface area contributed by atoms with Crippen molar-refractivity contribution in [1.29, 1.82) is 0 Å². The van der Waals surface area contributed by atoms with Gasteiger partial charge in [-0.15, -0.1) is 0 Å². The van der Waals surface area contributed by atoms with E-state index in [-0.39, 0.29) is 23.9 Å². The molecular formula is C22H32NO5-. The highest BCUT2D eigenvalue weighted by atomic mass is 16.5. The molecule has 1 heterocycles. The molecule has 0 radical (unpaired) electrons. The first-order valence-corrected chi connectivity index (χ1v) is 10.3. The number of aliphatic hydroxyl groups is 1. The Morgan fingerprint density at radius 2 is 2.07 bits per heavy atom. The van der Waals surface area contributed by atoms with Crippen LogP contribution in [0.3, 0.4) is 0 Å². The topological polar surface area (TPSA) is 82.1 Å². The molecule has 1 saturated heterocycles. The summed E-state index contributed by atoms with van der Waals surface area (Å²) in [7, 11) is 1.65. The average Bonchev–Trinajstić information content (AvgIpc) is 3.28. The summed E-state index contributed by atoms with van der Waals surface area (Å²) in [6, 6.07) is 6.02. The van der Waals surface area contributed by atoms with E-state index >= 15 is 0 Å². The van der Waals surface area contributed by atoms with Gasteiger partial charge in [0.15, 0.2) is 11.5 Å². The van der Waals surface area contributed by atoms with Gasteiger partial charge in [-0.1, -0.05) is 13.0 Å². The molecule has 6 nitrogen and oxygen atoms in total. The fourth-order valence-electron chi connectivity index (χ4n) is 4.64. The smallest absolute Gasteiger partial charge is 0.161 e. The second kappa shape index (κ2) is 8.70. The van der Waals surface area contributed by atoms with E-state index in [0.29, 0.717) is 19.6 Å². The number of carboxylic acid groups (broad SMARTS) is 1. The summed E-state index contributed by atoms with van der Waals surface area (Å²) in [4.78, 5) is 13.0. The van der Waals surface area contributed by atoms with Crippen molar-refractivity contribution >= 4 is 5.97 Å². The molecule has 0 aromatic heterocycles. The van der Waals surface area contributed by atoms with Crippen molar-refractivity contribution in [3.63, 3.8) is 0 Å². The third kappa shape index (κ3) is 4.44. The number of rotatable bonds is 8. The summed E-state index contributed by atoms with van der Waals surface area (Å²) >= 11 is 0. The molecule has 0 amide bonds. The van der Waals surface area contributed by atoms with Crippen LogP contribution >= 0.6 is 0 Å². The normalized spacial score (nSPS) is 27.1. The molecule has 6 heteroatoms. The Balaban J connectivity index is 1.85. The number of aliphatic hydroxyl groups excluding tert-OH is 1. The van der Waals surface area contributed by atoms with Crippen molar-refractivity contribution < 1.29 is 24.5 Å². The predicted octanol–water partition coefficient (Wildman–Crippen LogP) is 1.94. The van der Waals surface area contributed by atoms with Gasteiger partial charge in [-0.05, 0) is 56.7 Å². The van der Waals surface area contributed by atoms with E-state index in [1.165, 1.54) is 12.8 Å². The van der Waals surface area contributed by atoms with Crippen molar-refractivity contribution in [2.45, 2.75) is 64.1 Å². The van der Waals surface area contributed by atoms with Crippen LogP contribution in [0.25, 0.3) is 0 Å². The highest BCUT2D eigenvalue weighted by molar-refractivity contribution is 5.64. The molecule has 0 bridgehead atoms. The minimum atomic E-state index is -1.04. The Bertz CT molecular complexity index is 686. The van der Waals surface area contributed by atoms with E-state index in [1.54, 1.807) is 7.11 Å². The minimum Gasteiger partial charge on any atom is -0.550 e. The first-order chi connectivity index (χ1) is 13.3. The number of nitrogens with zero attached hydrogens (tertiary/aromatic N) is 1. The average molecular weight is 391 g/mol. The molecule has 1 aromatic rings. The van der Waals surface area contributed by atoms with Crippen LogP contribution in [0.4, 0.5) is 0 Å². The maximum absolute atomic E-state index is 10.9. The van der Waals surface area contributed by atoms with Gasteiger partial charge in [0.2, 0.25) is 0 Å². The van der Waals surface area contributed by atoms with Gasteiger partial charge in [-0.3, -0.25) is 0 Å². The maximum Gasteiger partial charge on any atom is 0.161 e. The molecule has 1 saturated carbocycles. The number of ether oxygens (including phenoxy) is 2. The van der Waals surface area contributed by atoms with Gasteiger partial charge in [0.05, 0.1) is 19.3 Å². The van der Waals surface area contributed by atoms with Crippen molar-refractivity contribution in [2.75, 3.05) is 26.7 Å². The molecule has 3 unspecified atom stereocenters. The largest absolute Gasteiger partial charge is 0.550 e. The van der Waals surface area contributed by atoms with E-state index in [2.05, 4.69) is 11.8 Å². The number of carbonyl (C=O) groups excluding carboxylic acids is 1. The second-order valence-corrected chi connectivity index (χ2v) is 8.53. The van der Waals surface area contributed by atoms with Crippen molar-refractivity contribution in [3.05, 3.63) is 23.8 Å². The van der Waals surface area contributed by atoms with Crippen molar-refractivity contribution in [1.82, 2.24) is 4.90 Å². The lowest BCUT2D eigenvalue weighted by molar-refractivity contribution is -0.305. The zero-order chi connectivity index (χ0) is 20.3. The van der Waals surface area contributed by atoms with Gasteiger partial charge in [-0.25, -0.2) is 0 Å². The number of likely N-dealkylation sites (tertiary alicyclic amines) is 1. The number of carboxylic acids is 1. The van der Waals surface area contributed by atoms with Crippen LogP contribution in [0.1, 0.15) is 57.4 Å². The summed E-state index contributed by atoms with van der Waals surface area (Å²) in [6.45, 7) is 5.66. The quantitative estimate of drug-likeness (QED) is 0.731. The van der Waals surface area contributed by atoms with Gasteiger partial charge >= 0.3 is 0 Å². The molecule has 28 heavy (non-hydrogen) atoms. The lowest BCUT2D eigenvalue weighted by Gasteiger charge is -2.34. The first-order valence-electron chi connectivity index (χ1n) is 10.3. The van der Waals surface area contributed by atoms with E-state index in [1.807, 2.05) is 25.1 Å². The molecule has 0 spiro atoms. The zero-order valence-electron chi connectivity index (χ0n) is 17.1. The Labute approximate surface area is 167 Å². The number of methoxy groups -OCH3 is 1. The molecule has 3 rings (SSSR count). The molecule has 1 N–H and O–H groups in total. The molecule has 1 aliphatic heterocycles. The van der Waals surface area contributed by atoms with Crippen LogP contribution in [-0.2, 0) is 4.79 Å². The van der Waals surface area contributed by atoms with Crippen LogP contribution < -0.4 is 14.6 Å². The predicted molar refractivity (Wildman–Crippen MR) is 104 cm³/mol. The number of benzene rings is 1. The third-order valence-corrected chi connectivity index (χ3v) is 6.57. The number of carbonyl (C=O) groups is 1. The van der Waals surface area contributed by atoms with Gasteiger partial charge in [0.1, 0.15) is 0 Å². The fourth-order valence-corrected chi connectivity index (χ4v) is 4.64. The molecule has 1 aliphatic carbocycles. The summed E-state index contributed by atoms with van der Waals surface area (Å²) in [5.41, 5.74) is 0.721. The fraction of sp³-hybridized carbons (Fsp3) is 0.682. The Hall–Kier alpha value is -1.79. The molecular weight excluding hydrogens is 358 g/mol. The first kappa shape index (κ1) is 20.9. The van der Waals surface area contributed by atoms with Gasteiger partial charge in [0, 0.05) is 36.9 Å². The van der Waals surface area contributed by atoms with E-state index in [0.717, 1.165) is 29.9 Å². The highest BCUT2D eigenvalue weighted by Crippen LogP contribution is 2.47. The molecule has 156 valence electrons. The Kier molecular flexibility index (Phi) is 6.50. The van der Waals surface area contributed by atoms with Crippen molar-refractivity contribution in [2.24, 2.45) is 5.41 Å². The minimum absolute atomic E-state index is 0.00125. The highest BCUT2D eigenvalue weighted by Gasteiger charge is 2.46. The van der Waals surface area contributed by atoms with E-state index in [9.17, 15) is 15.0 Å². The molecule has 2 fully saturated rings. The summed E-state index contributed by atoms with van der Waals surface area (Å²) in [5.74, 6) is 0.513. The Morgan fingerprint density at radius 1 is 1.36 bits per heavy atom. The van der Waals surface area contributed by atoms with Gasteiger partial charge < -0.3 is 29.4 Å². The van der Waals surface area contributed by atoms with Crippen molar-refractivity contribution in [3.8, 4) is 11.5 Å². The van der Waals surface area contributed by atoms with Gasteiger partial charge in [0.25, 0.3) is 0 Å². The number of hydrogen-bond donors (Lipinski definition) is 1. The molecule has 3 atom stereocenters. The standard InChI is InChI=1S/C22H33NO5/c1-15(24)22(2)14-23(11-10-21(25)26)13-18(22)16-8-9-19(27-3)20(12-16)28-17-6-4-5-7-17/h8-9,12,15,17-18,24H,4-7,10-11,13-14H2,1-3H3,(H,25,26)/p-1. The Morgan fingerprint density at radius 3 is 2.68 bits per heavy atom. The second-order valence-electron chi connectivity index (χ2n) is 8.53. The monoisotopic (exact) mass is 390 g/mol. The number of aliphatic carboxylic acids is 1. The third-order valence-electron chi connectivity index (χ3n) is 6.57. The van der Waals surface area contributed by atoms with Crippen LogP contribution in [-0.4, -0.2) is 54.9 Å². The zero-order valence-corrected chi connectivity index (χ0v) is 17.1. The lowest BCUT2D eigenvalue weighted by atomic mass is 9.72. The molecule has 1 aromatic carbocycles.